The summed E-state index contributed by atoms with van der Waals surface area (Å²) in [4.78, 5) is 15.3. The lowest BCUT2D eigenvalue weighted by molar-refractivity contribution is -0.159. The maximum atomic E-state index is 12.9. The number of piperidine rings is 1. The van der Waals surface area contributed by atoms with Gasteiger partial charge in [-0.2, -0.15) is 5.10 Å². The van der Waals surface area contributed by atoms with Crippen LogP contribution in [0, 0.1) is 12.3 Å². The Kier molecular flexibility index (Phi) is 7.48. The fourth-order valence-electron chi connectivity index (χ4n) is 4.33. The van der Waals surface area contributed by atoms with Crippen LogP contribution >= 0.6 is 0 Å². The molecule has 0 aliphatic carbocycles. The number of hydrogen-bond acceptors (Lipinski definition) is 4. The number of aryl methyl sites for hydroxylation is 2. The topological polar surface area (TPSA) is 47.4 Å². The number of ether oxygens (including phenoxy) is 1. The minimum Gasteiger partial charge on any atom is -0.466 e. The predicted molar refractivity (Wildman–Crippen MR) is 116 cm³/mol. The van der Waals surface area contributed by atoms with Gasteiger partial charge in [0.15, 0.2) is 0 Å². The van der Waals surface area contributed by atoms with Crippen LogP contribution in [0.2, 0.25) is 0 Å². The molecule has 0 spiro atoms. The van der Waals surface area contributed by atoms with E-state index in [1.165, 1.54) is 16.8 Å². The lowest BCUT2D eigenvalue weighted by Gasteiger charge is -2.40. The van der Waals surface area contributed by atoms with Crippen molar-refractivity contribution in [3.8, 4) is 0 Å². The zero-order chi connectivity index (χ0) is 20.7. The van der Waals surface area contributed by atoms with Crippen LogP contribution in [0.4, 0.5) is 0 Å². The van der Waals surface area contributed by atoms with Gasteiger partial charge in [0.05, 0.1) is 18.2 Å². The van der Waals surface area contributed by atoms with Crippen LogP contribution in [0.5, 0.6) is 0 Å². The van der Waals surface area contributed by atoms with Crippen molar-refractivity contribution in [2.45, 2.75) is 66.0 Å². The lowest BCUT2D eigenvalue weighted by Crippen LogP contribution is -2.45. The minimum absolute atomic E-state index is 0.0115. The van der Waals surface area contributed by atoms with E-state index in [9.17, 15) is 4.79 Å². The van der Waals surface area contributed by atoms with Gasteiger partial charge in [-0.05, 0) is 64.6 Å². The maximum Gasteiger partial charge on any atom is 0.312 e. The number of rotatable bonds is 9. The standard InChI is InChI=1S/C24H35N3O2/c1-4-15-27-20(3)22(18-25-27)19-26-16-13-24(14-17-26,23(28)29-5-2)12-11-21-9-7-6-8-10-21/h6-10,18H,4-5,11-17,19H2,1-3H3. The van der Waals surface area contributed by atoms with Gasteiger partial charge in [-0.25, -0.2) is 0 Å². The Hall–Kier alpha value is -2.14. The highest BCUT2D eigenvalue weighted by Crippen LogP contribution is 2.38. The van der Waals surface area contributed by atoms with E-state index in [1.807, 2.05) is 19.2 Å². The molecule has 5 heteroatoms. The summed E-state index contributed by atoms with van der Waals surface area (Å²) in [7, 11) is 0. The molecular weight excluding hydrogens is 362 g/mol. The Balaban J connectivity index is 1.63. The summed E-state index contributed by atoms with van der Waals surface area (Å²) in [5.74, 6) is -0.0115. The average Bonchev–Trinajstić information content (AvgIpc) is 3.08. The van der Waals surface area contributed by atoms with Crippen LogP contribution < -0.4 is 0 Å². The van der Waals surface area contributed by atoms with E-state index >= 15 is 0 Å². The minimum atomic E-state index is -0.357. The Morgan fingerprint density at radius 2 is 1.90 bits per heavy atom. The molecule has 0 unspecified atom stereocenters. The maximum absolute atomic E-state index is 12.9. The SMILES string of the molecule is CCCn1ncc(CN2CCC(CCc3ccccc3)(C(=O)OCC)CC2)c1C. The van der Waals surface area contributed by atoms with E-state index in [1.54, 1.807) is 0 Å². The normalized spacial score (nSPS) is 16.7. The summed E-state index contributed by atoms with van der Waals surface area (Å²) in [6, 6.07) is 10.5. The van der Waals surface area contributed by atoms with Crippen molar-refractivity contribution in [3.63, 3.8) is 0 Å². The Morgan fingerprint density at radius 3 is 2.55 bits per heavy atom. The smallest absolute Gasteiger partial charge is 0.312 e. The molecule has 1 aliphatic rings. The summed E-state index contributed by atoms with van der Waals surface area (Å²) in [6.45, 7) is 10.4. The largest absolute Gasteiger partial charge is 0.466 e. The molecule has 29 heavy (non-hydrogen) atoms. The van der Waals surface area contributed by atoms with Gasteiger partial charge in [0.1, 0.15) is 0 Å². The molecule has 0 atom stereocenters. The van der Waals surface area contributed by atoms with Crippen LogP contribution in [0.1, 0.15) is 56.4 Å². The number of esters is 1. The molecule has 0 radical (unpaired) electrons. The number of aromatic nitrogens is 2. The van der Waals surface area contributed by atoms with Crippen molar-refractivity contribution in [1.29, 1.82) is 0 Å². The summed E-state index contributed by atoms with van der Waals surface area (Å²) in [5, 5.41) is 4.53. The lowest BCUT2D eigenvalue weighted by atomic mass is 9.74. The van der Waals surface area contributed by atoms with Crippen molar-refractivity contribution in [2.24, 2.45) is 5.41 Å². The molecule has 3 rings (SSSR count). The first-order valence-corrected chi connectivity index (χ1v) is 11.0. The van der Waals surface area contributed by atoms with E-state index in [-0.39, 0.29) is 11.4 Å². The van der Waals surface area contributed by atoms with Crippen molar-refractivity contribution in [2.75, 3.05) is 19.7 Å². The molecular formula is C24H35N3O2. The second-order valence-electron chi connectivity index (χ2n) is 8.24. The quantitative estimate of drug-likeness (QED) is 0.589. The zero-order valence-corrected chi connectivity index (χ0v) is 18.2. The number of carbonyl (C=O) groups excluding carboxylic acids is 1. The molecule has 0 bridgehead atoms. The Morgan fingerprint density at radius 1 is 1.17 bits per heavy atom. The average molecular weight is 398 g/mol. The van der Waals surface area contributed by atoms with Crippen LogP contribution in [0.25, 0.3) is 0 Å². The highest BCUT2D eigenvalue weighted by atomic mass is 16.5. The molecule has 0 amide bonds. The van der Waals surface area contributed by atoms with Crippen molar-refractivity contribution in [1.82, 2.24) is 14.7 Å². The van der Waals surface area contributed by atoms with E-state index in [0.29, 0.717) is 6.61 Å². The van der Waals surface area contributed by atoms with Crippen molar-refractivity contribution in [3.05, 3.63) is 53.3 Å². The second-order valence-corrected chi connectivity index (χ2v) is 8.24. The number of nitrogens with zero attached hydrogens (tertiary/aromatic N) is 3. The number of carbonyl (C=O) groups is 1. The van der Waals surface area contributed by atoms with E-state index in [0.717, 1.165) is 58.3 Å². The third-order valence-corrected chi connectivity index (χ3v) is 6.29. The molecule has 5 nitrogen and oxygen atoms in total. The van der Waals surface area contributed by atoms with Crippen LogP contribution in [0.3, 0.4) is 0 Å². The molecule has 1 saturated heterocycles. The Bertz CT molecular complexity index is 777. The van der Waals surface area contributed by atoms with E-state index in [2.05, 4.69) is 52.8 Å². The zero-order valence-electron chi connectivity index (χ0n) is 18.2. The third kappa shape index (κ3) is 5.27. The van der Waals surface area contributed by atoms with Crippen molar-refractivity contribution >= 4 is 5.97 Å². The first-order valence-electron chi connectivity index (χ1n) is 11.0. The number of hydrogen-bond donors (Lipinski definition) is 0. The molecule has 0 N–H and O–H groups in total. The predicted octanol–water partition coefficient (Wildman–Crippen LogP) is 4.38. The van der Waals surface area contributed by atoms with Gasteiger partial charge in [-0.1, -0.05) is 37.3 Å². The molecule has 1 fully saturated rings. The van der Waals surface area contributed by atoms with Gasteiger partial charge < -0.3 is 4.74 Å². The first kappa shape index (κ1) is 21.6. The molecule has 2 aromatic rings. The third-order valence-electron chi connectivity index (χ3n) is 6.29. The Labute approximate surface area is 175 Å². The fraction of sp³-hybridized carbons (Fsp3) is 0.583. The van der Waals surface area contributed by atoms with Crippen LogP contribution in [0.15, 0.2) is 36.5 Å². The van der Waals surface area contributed by atoms with Gasteiger partial charge in [0.25, 0.3) is 0 Å². The molecule has 1 aromatic heterocycles. The molecule has 2 heterocycles. The van der Waals surface area contributed by atoms with Gasteiger partial charge in [0, 0.05) is 24.3 Å². The first-order chi connectivity index (χ1) is 14.1. The fourth-order valence-corrected chi connectivity index (χ4v) is 4.33. The van der Waals surface area contributed by atoms with E-state index < -0.39 is 0 Å². The van der Waals surface area contributed by atoms with Crippen molar-refractivity contribution < 1.29 is 9.53 Å². The summed E-state index contributed by atoms with van der Waals surface area (Å²) in [5.41, 5.74) is 3.49. The second kappa shape index (κ2) is 10.1. The molecule has 1 aromatic carbocycles. The number of likely N-dealkylation sites (tertiary alicyclic amines) is 1. The molecule has 158 valence electrons. The van der Waals surface area contributed by atoms with E-state index in [4.69, 9.17) is 4.74 Å². The highest BCUT2D eigenvalue weighted by Gasteiger charge is 2.42. The van der Waals surface area contributed by atoms with Gasteiger partial charge in [0.2, 0.25) is 0 Å². The van der Waals surface area contributed by atoms with Crippen LogP contribution in [-0.2, 0) is 29.0 Å². The highest BCUT2D eigenvalue weighted by molar-refractivity contribution is 5.77. The molecule has 0 saturated carbocycles. The van der Waals surface area contributed by atoms with Gasteiger partial charge >= 0.3 is 5.97 Å². The van der Waals surface area contributed by atoms with Gasteiger partial charge in [-0.15, -0.1) is 0 Å². The summed E-state index contributed by atoms with van der Waals surface area (Å²) >= 11 is 0. The van der Waals surface area contributed by atoms with Gasteiger partial charge in [-0.3, -0.25) is 14.4 Å². The summed E-state index contributed by atoms with van der Waals surface area (Å²) < 4.78 is 7.60. The summed E-state index contributed by atoms with van der Waals surface area (Å²) in [6.07, 6.45) is 6.60. The number of benzene rings is 1. The monoisotopic (exact) mass is 397 g/mol. The molecule has 1 aliphatic heterocycles. The van der Waals surface area contributed by atoms with Crippen LogP contribution in [-0.4, -0.2) is 40.3 Å².